The number of aryl methyl sites for hydroxylation is 1. The molecule has 4 heteroatoms. The molecule has 1 fully saturated rings. The summed E-state index contributed by atoms with van der Waals surface area (Å²) in [5.41, 5.74) is 5.75. The highest BCUT2D eigenvalue weighted by atomic mass is 15.3. The molecule has 0 aliphatic carbocycles. The van der Waals surface area contributed by atoms with Gasteiger partial charge in [-0.25, -0.2) is 9.50 Å². The number of benzene rings is 1. The number of aromatic nitrogens is 3. The second-order valence-electron chi connectivity index (χ2n) is 6.08. The maximum absolute atomic E-state index is 4.63. The molecule has 2 aromatic heterocycles. The van der Waals surface area contributed by atoms with Crippen molar-refractivity contribution in [2.75, 3.05) is 13.1 Å². The van der Waals surface area contributed by atoms with Crippen molar-refractivity contribution in [3.8, 4) is 11.1 Å². The summed E-state index contributed by atoms with van der Waals surface area (Å²) in [6.45, 7) is 4.26. The van der Waals surface area contributed by atoms with Gasteiger partial charge in [-0.3, -0.25) is 0 Å². The summed E-state index contributed by atoms with van der Waals surface area (Å²) < 4.78 is 2.02. The van der Waals surface area contributed by atoms with E-state index in [9.17, 15) is 0 Å². The minimum Gasteiger partial charge on any atom is -0.316 e. The quantitative estimate of drug-likeness (QED) is 0.789. The number of piperidine rings is 1. The van der Waals surface area contributed by atoms with Gasteiger partial charge in [0.15, 0.2) is 5.65 Å². The van der Waals surface area contributed by atoms with E-state index in [0.717, 1.165) is 24.3 Å². The molecule has 1 aliphatic heterocycles. The molecule has 4 nitrogen and oxygen atoms in total. The van der Waals surface area contributed by atoms with Crippen LogP contribution in [-0.4, -0.2) is 27.7 Å². The standard InChI is InChI=1S/C18H20N4/c1-13-4-2-5-14(10-13)16-12-21-22-17(7-9-20-18(16)22)15-6-3-8-19-11-15/h2,4-5,7,9-10,12,15,19H,3,6,8,11H2,1H3. The van der Waals surface area contributed by atoms with Gasteiger partial charge in [0, 0.05) is 24.2 Å². The second-order valence-corrected chi connectivity index (χ2v) is 6.08. The topological polar surface area (TPSA) is 42.2 Å². The lowest BCUT2D eigenvalue weighted by Gasteiger charge is -2.23. The third kappa shape index (κ3) is 2.29. The first-order valence-electron chi connectivity index (χ1n) is 7.93. The normalized spacial score (nSPS) is 18.7. The van der Waals surface area contributed by atoms with Crippen molar-refractivity contribution in [3.05, 3.63) is 54.0 Å². The van der Waals surface area contributed by atoms with Crippen molar-refractivity contribution in [1.29, 1.82) is 0 Å². The maximum Gasteiger partial charge on any atom is 0.163 e. The molecule has 1 aliphatic rings. The molecule has 4 rings (SSSR count). The lowest BCUT2D eigenvalue weighted by atomic mass is 9.96. The van der Waals surface area contributed by atoms with Crippen LogP contribution >= 0.6 is 0 Å². The Hall–Kier alpha value is -2.20. The fourth-order valence-electron chi connectivity index (χ4n) is 3.34. The summed E-state index contributed by atoms with van der Waals surface area (Å²) in [6, 6.07) is 10.6. The zero-order valence-electron chi connectivity index (χ0n) is 12.8. The highest BCUT2D eigenvalue weighted by molar-refractivity contribution is 5.77. The number of nitrogens with one attached hydrogen (secondary N) is 1. The first-order valence-corrected chi connectivity index (χ1v) is 7.93. The molecule has 1 unspecified atom stereocenters. The molecule has 0 bridgehead atoms. The molecule has 1 aromatic carbocycles. The van der Waals surface area contributed by atoms with E-state index in [0.29, 0.717) is 5.92 Å². The number of fused-ring (bicyclic) bond motifs is 1. The lowest BCUT2D eigenvalue weighted by Crippen LogP contribution is -2.29. The van der Waals surface area contributed by atoms with Gasteiger partial charge in [0.25, 0.3) is 0 Å². The summed E-state index contributed by atoms with van der Waals surface area (Å²) in [7, 11) is 0. The Kier molecular flexibility index (Phi) is 3.39. The molecule has 112 valence electrons. The van der Waals surface area contributed by atoms with Crippen molar-refractivity contribution in [3.63, 3.8) is 0 Å². The van der Waals surface area contributed by atoms with Crippen molar-refractivity contribution < 1.29 is 0 Å². The van der Waals surface area contributed by atoms with Gasteiger partial charge in [-0.15, -0.1) is 0 Å². The van der Waals surface area contributed by atoms with E-state index < -0.39 is 0 Å². The largest absolute Gasteiger partial charge is 0.316 e. The molecular weight excluding hydrogens is 272 g/mol. The molecular formula is C18H20N4. The van der Waals surface area contributed by atoms with Crippen molar-refractivity contribution in [1.82, 2.24) is 19.9 Å². The third-order valence-electron chi connectivity index (χ3n) is 4.47. The molecule has 0 saturated carbocycles. The minimum atomic E-state index is 0.518. The summed E-state index contributed by atoms with van der Waals surface area (Å²) in [5, 5.41) is 8.11. The van der Waals surface area contributed by atoms with E-state index in [1.54, 1.807) is 0 Å². The first-order chi connectivity index (χ1) is 10.8. The second kappa shape index (κ2) is 5.54. The van der Waals surface area contributed by atoms with Crippen LogP contribution in [0, 0.1) is 6.92 Å². The monoisotopic (exact) mass is 292 g/mol. The van der Waals surface area contributed by atoms with E-state index in [2.05, 4.69) is 52.7 Å². The van der Waals surface area contributed by atoms with E-state index in [4.69, 9.17) is 0 Å². The van der Waals surface area contributed by atoms with E-state index in [-0.39, 0.29) is 0 Å². The van der Waals surface area contributed by atoms with Crippen molar-refractivity contribution >= 4 is 5.65 Å². The number of rotatable bonds is 2. The summed E-state index contributed by atoms with van der Waals surface area (Å²) in [4.78, 5) is 4.58. The van der Waals surface area contributed by atoms with Gasteiger partial charge in [-0.1, -0.05) is 29.8 Å². The zero-order chi connectivity index (χ0) is 14.9. The van der Waals surface area contributed by atoms with Gasteiger partial charge < -0.3 is 5.32 Å². The highest BCUT2D eigenvalue weighted by Gasteiger charge is 2.19. The van der Waals surface area contributed by atoms with E-state index >= 15 is 0 Å². The van der Waals surface area contributed by atoms with Crippen LogP contribution in [0.4, 0.5) is 0 Å². The first kappa shape index (κ1) is 13.5. The maximum atomic E-state index is 4.63. The highest BCUT2D eigenvalue weighted by Crippen LogP contribution is 2.28. The minimum absolute atomic E-state index is 0.518. The van der Waals surface area contributed by atoms with Gasteiger partial charge in [0.1, 0.15) is 0 Å². The SMILES string of the molecule is Cc1cccc(-c2cnn3c(C4CCCNC4)ccnc23)c1. The van der Waals surface area contributed by atoms with Crippen LogP contribution in [0.2, 0.25) is 0 Å². The third-order valence-corrected chi connectivity index (χ3v) is 4.47. The number of nitrogens with zero attached hydrogens (tertiary/aromatic N) is 3. The van der Waals surface area contributed by atoms with Gasteiger partial charge in [0.2, 0.25) is 0 Å². The predicted octanol–water partition coefficient (Wildman–Crippen LogP) is 3.17. The Labute approximate surface area is 130 Å². The van der Waals surface area contributed by atoms with Gasteiger partial charge in [-0.2, -0.15) is 5.10 Å². The Balaban J connectivity index is 1.83. The summed E-state index contributed by atoms with van der Waals surface area (Å²) >= 11 is 0. The van der Waals surface area contributed by atoms with E-state index in [1.807, 2.05) is 16.9 Å². The molecule has 1 saturated heterocycles. The van der Waals surface area contributed by atoms with Gasteiger partial charge in [0.05, 0.1) is 11.9 Å². The van der Waals surface area contributed by atoms with Crippen molar-refractivity contribution in [2.45, 2.75) is 25.7 Å². The lowest BCUT2D eigenvalue weighted by molar-refractivity contribution is 0.448. The van der Waals surface area contributed by atoms with Crippen LogP contribution in [0.3, 0.4) is 0 Å². The smallest absolute Gasteiger partial charge is 0.163 e. The number of hydrogen-bond donors (Lipinski definition) is 1. The Morgan fingerprint density at radius 1 is 1.27 bits per heavy atom. The molecule has 3 aromatic rings. The van der Waals surface area contributed by atoms with Gasteiger partial charge >= 0.3 is 0 Å². The Morgan fingerprint density at radius 2 is 2.23 bits per heavy atom. The fraction of sp³-hybridized carbons (Fsp3) is 0.333. The average Bonchev–Trinajstić information content (AvgIpc) is 3.00. The molecule has 0 radical (unpaired) electrons. The van der Waals surface area contributed by atoms with E-state index in [1.165, 1.54) is 29.7 Å². The number of hydrogen-bond acceptors (Lipinski definition) is 3. The average molecular weight is 292 g/mol. The molecule has 3 heterocycles. The van der Waals surface area contributed by atoms with Crippen LogP contribution in [0.15, 0.2) is 42.7 Å². The van der Waals surface area contributed by atoms with Crippen LogP contribution in [0.5, 0.6) is 0 Å². The molecule has 22 heavy (non-hydrogen) atoms. The summed E-state index contributed by atoms with van der Waals surface area (Å²) in [6.07, 6.45) is 6.29. The summed E-state index contributed by atoms with van der Waals surface area (Å²) in [5.74, 6) is 0.518. The van der Waals surface area contributed by atoms with Crippen LogP contribution in [0.1, 0.15) is 30.0 Å². The molecule has 1 atom stereocenters. The van der Waals surface area contributed by atoms with Crippen LogP contribution in [-0.2, 0) is 0 Å². The van der Waals surface area contributed by atoms with Crippen LogP contribution in [0.25, 0.3) is 16.8 Å². The van der Waals surface area contributed by atoms with Crippen LogP contribution < -0.4 is 5.32 Å². The molecule has 0 spiro atoms. The fourth-order valence-corrected chi connectivity index (χ4v) is 3.34. The predicted molar refractivity (Wildman–Crippen MR) is 88.0 cm³/mol. The Bertz CT molecular complexity index is 800. The Morgan fingerprint density at radius 3 is 3.05 bits per heavy atom. The molecule has 0 amide bonds. The van der Waals surface area contributed by atoms with Crippen molar-refractivity contribution in [2.24, 2.45) is 0 Å². The molecule has 1 N–H and O–H groups in total. The zero-order valence-corrected chi connectivity index (χ0v) is 12.8. The van der Waals surface area contributed by atoms with Gasteiger partial charge in [-0.05, 0) is 37.9 Å².